The van der Waals surface area contributed by atoms with Crippen LogP contribution in [0.2, 0.25) is 0 Å². The molecular weight excluding hydrogens is 208 g/mol. The lowest BCUT2D eigenvalue weighted by Crippen LogP contribution is -2.41. The van der Waals surface area contributed by atoms with Crippen LogP contribution >= 0.6 is 11.8 Å². The Hall–Kier alpha value is -0.480. The number of carbonyl (C=O) groups excluding carboxylic acids is 1. The lowest BCUT2D eigenvalue weighted by molar-refractivity contribution is -0.129. The van der Waals surface area contributed by atoms with Crippen molar-refractivity contribution >= 4 is 17.7 Å². The second-order valence-electron chi connectivity index (χ2n) is 4.11. The van der Waals surface area contributed by atoms with Crippen molar-refractivity contribution in [3.63, 3.8) is 0 Å². The van der Waals surface area contributed by atoms with Crippen LogP contribution in [0.4, 0.5) is 0 Å². The highest BCUT2D eigenvalue weighted by molar-refractivity contribution is 7.99. The van der Waals surface area contributed by atoms with Crippen molar-refractivity contribution in [1.29, 1.82) is 0 Å². The van der Waals surface area contributed by atoms with Crippen LogP contribution in [-0.4, -0.2) is 37.0 Å². The minimum Gasteiger partial charge on any atom is -0.355 e. The zero-order valence-electron chi connectivity index (χ0n) is 9.34. The molecule has 86 valence electrons. The van der Waals surface area contributed by atoms with Crippen molar-refractivity contribution in [3.8, 4) is 0 Å². The monoisotopic (exact) mass is 228 g/mol. The fourth-order valence-corrected chi connectivity index (χ4v) is 2.21. The van der Waals surface area contributed by atoms with E-state index in [2.05, 4.69) is 17.2 Å². The Morgan fingerprint density at radius 1 is 1.73 bits per heavy atom. The third-order valence-electron chi connectivity index (χ3n) is 2.68. The fraction of sp³-hybridized carbons (Fsp3) is 0.727. The van der Waals surface area contributed by atoms with Gasteiger partial charge >= 0.3 is 0 Å². The lowest BCUT2D eigenvalue weighted by atomic mass is 9.89. The van der Waals surface area contributed by atoms with Crippen LogP contribution in [0.1, 0.15) is 13.3 Å². The van der Waals surface area contributed by atoms with E-state index in [9.17, 15) is 4.79 Å². The highest BCUT2D eigenvalue weighted by Crippen LogP contribution is 2.24. The molecular formula is C11H20N2OS. The van der Waals surface area contributed by atoms with Crippen molar-refractivity contribution < 1.29 is 4.79 Å². The second kappa shape index (κ2) is 6.18. The largest absolute Gasteiger partial charge is 0.355 e. The molecule has 1 fully saturated rings. The van der Waals surface area contributed by atoms with E-state index in [4.69, 9.17) is 0 Å². The van der Waals surface area contributed by atoms with E-state index in [1.807, 2.05) is 13.0 Å². The Morgan fingerprint density at radius 3 is 3.13 bits per heavy atom. The number of thioether (sulfide) groups is 1. The van der Waals surface area contributed by atoms with Crippen molar-refractivity contribution in [2.75, 3.05) is 31.1 Å². The Morgan fingerprint density at radius 2 is 2.53 bits per heavy atom. The summed E-state index contributed by atoms with van der Waals surface area (Å²) in [7, 11) is 0. The number of carbonyl (C=O) groups is 1. The first-order valence-corrected chi connectivity index (χ1v) is 6.52. The number of hydrogen-bond donors (Lipinski definition) is 2. The summed E-state index contributed by atoms with van der Waals surface area (Å²) in [6.07, 6.45) is 2.83. The molecule has 1 aliphatic rings. The zero-order chi connectivity index (χ0) is 11.1. The van der Waals surface area contributed by atoms with E-state index in [1.165, 1.54) is 0 Å². The van der Waals surface area contributed by atoms with Gasteiger partial charge in [-0.2, -0.15) is 11.8 Å². The summed E-state index contributed by atoms with van der Waals surface area (Å²) < 4.78 is 0. The molecule has 1 saturated heterocycles. The van der Waals surface area contributed by atoms with Gasteiger partial charge in [0.25, 0.3) is 0 Å². The normalized spacial score (nSPS) is 25.1. The molecule has 0 spiro atoms. The summed E-state index contributed by atoms with van der Waals surface area (Å²) in [5.74, 6) is 2.10. The Balaban J connectivity index is 2.15. The van der Waals surface area contributed by atoms with E-state index in [0.29, 0.717) is 0 Å². The average Bonchev–Trinajstić information content (AvgIpc) is 2.66. The Labute approximate surface area is 96.1 Å². The van der Waals surface area contributed by atoms with Crippen molar-refractivity contribution in [2.45, 2.75) is 13.3 Å². The molecule has 2 N–H and O–H groups in total. The third-order valence-corrected chi connectivity index (χ3v) is 3.65. The van der Waals surface area contributed by atoms with Gasteiger partial charge in [-0.05, 0) is 19.9 Å². The quantitative estimate of drug-likeness (QED) is 0.527. The predicted octanol–water partition coefficient (Wildman–Crippen LogP) is 1.02. The number of hydrogen-bond acceptors (Lipinski definition) is 3. The van der Waals surface area contributed by atoms with Crippen LogP contribution in [0.15, 0.2) is 12.7 Å². The number of nitrogens with one attached hydrogen (secondary N) is 2. The zero-order valence-corrected chi connectivity index (χ0v) is 10.2. The fourth-order valence-electron chi connectivity index (χ4n) is 1.63. The molecule has 1 rings (SSSR count). The Bertz CT molecular complexity index is 225. The highest BCUT2D eigenvalue weighted by Gasteiger charge is 2.35. The molecule has 4 heteroatoms. The molecule has 0 saturated carbocycles. The van der Waals surface area contributed by atoms with E-state index < -0.39 is 0 Å². The molecule has 0 radical (unpaired) electrons. The summed E-state index contributed by atoms with van der Waals surface area (Å²) >= 11 is 1.79. The molecule has 1 atom stereocenters. The summed E-state index contributed by atoms with van der Waals surface area (Å²) in [6, 6.07) is 0. The van der Waals surface area contributed by atoms with E-state index in [-0.39, 0.29) is 11.3 Å². The molecule has 15 heavy (non-hydrogen) atoms. The molecule has 0 aromatic carbocycles. The first kappa shape index (κ1) is 12.6. The maximum atomic E-state index is 11.8. The molecule has 0 aliphatic carbocycles. The van der Waals surface area contributed by atoms with Crippen LogP contribution in [0.3, 0.4) is 0 Å². The minimum absolute atomic E-state index is 0.187. The standard InChI is InChI=1S/C11H20N2OS/c1-3-7-15-8-6-13-10(14)11(2)4-5-12-9-11/h3,12H,1,4-9H2,2H3,(H,13,14). The predicted molar refractivity (Wildman–Crippen MR) is 66.1 cm³/mol. The Kier molecular flexibility index (Phi) is 5.19. The van der Waals surface area contributed by atoms with Crippen molar-refractivity contribution in [2.24, 2.45) is 5.41 Å². The smallest absolute Gasteiger partial charge is 0.227 e. The van der Waals surface area contributed by atoms with Gasteiger partial charge in [-0.3, -0.25) is 4.79 Å². The SMILES string of the molecule is C=CCSCCNC(=O)C1(C)CCNC1. The van der Waals surface area contributed by atoms with Crippen LogP contribution in [0, 0.1) is 5.41 Å². The third kappa shape index (κ3) is 3.87. The minimum atomic E-state index is -0.191. The molecule has 1 amide bonds. The average molecular weight is 228 g/mol. The van der Waals surface area contributed by atoms with Gasteiger partial charge < -0.3 is 10.6 Å². The first-order chi connectivity index (χ1) is 7.19. The van der Waals surface area contributed by atoms with E-state index >= 15 is 0 Å². The van der Waals surface area contributed by atoms with Crippen LogP contribution < -0.4 is 10.6 Å². The van der Waals surface area contributed by atoms with Gasteiger partial charge in [0, 0.05) is 24.6 Å². The topological polar surface area (TPSA) is 41.1 Å². The summed E-state index contributed by atoms with van der Waals surface area (Å²) in [5, 5.41) is 6.22. The van der Waals surface area contributed by atoms with Crippen molar-refractivity contribution in [1.82, 2.24) is 10.6 Å². The van der Waals surface area contributed by atoms with Crippen LogP contribution in [0.5, 0.6) is 0 Å². The number of rotatable bonds is 6. The van der Waals surface area contributed by atoms with Gasteiger partial charge in [0.1, 0.15) is 0 Å². The number of amides is 1. The first-order valence-electron chi connectivity index (χ1n) is 5.37. The van der Waals surface area contributed by atoms with Crippen LogP contribution in [0.25, 0.3) is 0 Å². The van der Waals surface area contributed by atoms with Gasteiger partial charge in [0.05, 0.1) is 5.41 Å². The second-order valence-corrected chi connectivity index (χ2v) is 5.26. The van der Waals surface area contributed by atoms with Gasteiger partial charge in [-0.15, -0.1) is 6.58 Å². The maximum absolute atomic E-state index is 11.8. The summed E-state index contributed by atoms with van der Waals surface area (Å²) in [5.41, 5.74) is -0.191. The van der Waals surface area contributed by atoms with Crippen molar-refractivity contribution in [3.05, 3.63) is 12.7 Å². The lowest BCUT2D eigenvalue weighted by Gasteiger charge is -2.21. The summed E-state index contributed by atoms with van der Waals surface area (Å²) in [4.78, 5) is 11.8. The van der Waals surface area contributed by atoms with E-state index in [0.717, 1.165) is 37.6 Å². The van der Waals surface area contributed by atoms with Gasteiger partial charge in [-0.25, -0.2) is 0 Å². The molecule has 0 aromatic heterocycles. The van der Waals surface area contributed by atoms with E-state index in [1.54, 1.807) is 11.8 Å². The van der Waals surface area contributed by atoms with Gasteiger partial charge in [-0.1, -0.05) is 6.08 Å². The molecule has 1 aliphatic heterocycles. The maximum Gasteiger partial charge on any atom is 0.227 e. The highest BCUT2D eigenvalue weighted by atomic mass is 32.2. The van der Waals surface area contributed by atoms with Gasteiger partial charge in [0.15, 0.2) is 0 Å². The molecule has 1 unspecified atom stereocenters. The molecule has 0 bridgehead atoms. The van der Waals surface area contributed by atoms with Crippen LogP contribution in [-0.2, 0) is 4.79 Å². The molecule has 1 heterocycles. The molecule has 3 nitrogen and oxygen atoms in total. The van der Waals surface area contributed by atoms with Gasteiger partial charge in [0.2, 0.25) is 5.91 Å². The summed E-state index contributed by atoms with van der Waals surface area (Å²) in [6.45, 7) is 8.19. The molecule has 0 aromatic rings.